The van der Waals surface area contributed by atoms with Crippen LogP contribution in [0.5, 0.6) is 5.88 Å². The number of ether oxygens (including phenoxy) is 1. The van der Waals surface area contributed by atoms with Crippen molar-refractivity contribution in [3.05, 3.63) is 42.7 Å². The Morgan fingerprint density at radius 3 is 2.91 bits per heavy atom. The molecule has 0 spiro atoms. The highest BCUT2D eigenvalue weighted by atomic mass is 19.1. The third-order valence-electron chi connectivity index (χ3n) is 4.69. The fraction of sp³-hybridized carbons (Fsp3) is 0.391. The Kier molecular flexibility index (Phi) is 7.75. The molecule has 8 nitrogen and oxygen atoms in total. The van der Waals surface area contributed by atoms with Crippen LogP contribution in [0.1, 0.15) is 32.5 Å². The number of aromatic nitrogens is 4. The Morgan fingerprint density at radius 1 is 1.41 bits per heavy atom. The number of pyridine rings is 2. The van der Waals surface area contributed by atoms with Crippen LogP contribution < -0.4 is 10.1 Å². The first kappa shape index (κ1) is 23.2. The first-order chi connectivity index (χ1) is 15.5. The molecule has 0 atom stereocenters. The molecule has 170 valence electrons. The van der Waals surface area contributed by atoms with E-state index in [1.807, 2.05) is 36.7 Å². The van der Waals surface area contributed by atoms with Gasteiger partial charge in [-0.25, -0.2) is 14.4 Å². The fourth-order valence-electron chi connectivity index (χ4n) is 3.26. The first-order valence-electron chi connectivity index (χ1n) is 10.6. The highest BCUT2D eigenvalue weighted by Gasteiger charge is 2.19. The molecule has 0 radical (unpaired) electrons. The van der Waals surface area contributed by atoms with Crippen molar-refractivity contribution < 1.29 is 14.0 Å². The van der Waals surface area contributed by atoms with E-state index in [0.29, 0.717) is 30.4 Å². The van der Waals surface area contributed by atoms with E-state index in [2.05, 4.69) is 35.9 Å². The smallest absolute Gasteiger partial charge is 0.222 e. The molecule has 32 heavy (non-hydrogen) atoms. The van der Waals surface area contributed by atoms with Crippen LogP contribution in [0.25, 0.3) is 22.3 Å². The zero-order valence-electron chi connectivity index (χ0n) is 18.9. The second kappa shape index (κ2) is 10.7. The molecule has 0 unspecified atom stereocenters. The van der Waals surface area contributed by atoms with Gasteiger partial charge in [-0.1, -0.05) is 11.7 Å². The molecule has 3 aromatic rings. The van der Waals surface area contributed by atoms with E-state index in [9.17, 15) is 4.39 Å². The minimum atomic E-state index is -0.601. The van der Waals surface area contributed by atoms with Crippen molar-refractivity contribution in [1.29, 1.82) is 0 Å². The van der Waals surface area contributed by atoms with Crippen molar-refractivity contribution in [3.63, 3.8) is 0 Å². The average molecular weight is 441 g/mol. The van der Waals surface area contributed by atoms with Crippen LogP contribution in [0.15, 0.2) is 42.2 Å². The maximum absolute atomic E-state index is 12.3. The molecule has 3 aromatic heterocycles. The molecule has 9 heteroatoms. The zero-order chi connectivity index (χ0) is 23.1. The number of rotatable bonds is 11. The van der Waals surface area contributed by atoms with Gasteiger partial charge in [-0.15, -0.1) is 0 Å². The molecule has 1 N–H and O–H groups in total. The molecular weight excluding hydrogens is 411 g/mol. The normalized spacial score (nSPS) is 11.8. The summed E-state index contributed by atoms with van der Waals surface area (Å²) in [6.07, 6.45) is 3.27. The lowest BCUT2D eigenvalue weighted by Crippen LogP contribution is -2.14. The molecule has 0 aliphatic carbocycles. The van der Waals surface area contributed by atoms with E-state index in [-0.39, 0.29) is 12.6 Å². The largest absolute Gasteiger partial charge is 0.477 e. The van der Waals surface area contributed by atoms with Gasteiger partial charge in [0, 0.05) is 12.2 Å². The number of anilines is 1. The lowest BCUT2D eigenvalue weighted by atomic mass is 10.1. The van der Waals surface area contributed by atoms with E-state index < -0.39 is 6.67 Å². The monoisotopic (exact) mass is 440 g/mol. The number of fused-ring (bicyclic) bond motifs is 1. The molecule has 3 rings (SSSR count). The summed E-state index contributed by atoms with van der Waals surface area (Å²) < 4.78 is 20.0. The average Bonchev–Trinajstić information content (AvgIpc) is 3.13. The summed E-state index contributed by atoms with van der Waals surface area (Å²) in [5.74, 6) is 0.523. The van der Waals surface area contributed by atoms with Crippen LogP contribution in [0.2, 0.25) is 0 Å². The second-order valence-electron chi connectivity index (χ2n) is 7.33. The van der Waals surface area contributed by atoms with Gasteiger partial charge in [0.15, 0.2) is 0 Å². The maximum atomic E-state index is 12.3. The predicted octanol–water partition coefficient (Wildman–Crippen LogP) is 4.72. The number of hydrogen-bond donors (Lipinski definition) is 1. The number of oxime groups is 1. The molecule has 3 heterocycles. The number of aryl methyl sites for hydroxylation is 1. The maximum Gasteiger partial charge on any atom is 0.222 e. The molecule has 0 amide bonds. The van der Waals surface area contributed by atoms with Crippen molar-refractivity contribution >= 4 is 22.4 Å². The Hall–Kier alpha value is -3.49. The summed E-state index contributed by atoms with van der Waals surface area (Å²) in [5, 5.41) is 12.0. The van der Waals surface area contributed by atoms with Crippen LogP contribution in [0.4, 0.5) is 10.1 Å². The Labute approximate surface area is 187 Å². The minimum Gasteiger partial charge on any atom is -0.477 e. The summed E-state index contributed by atoms with van der Waals surface area (Å²) >= 11 is 0. The zero-order valence-corrected chi connectivity index (χ0v) is 18.9. The Morgan fingerprint density at radius 2 is 2.22 bits per heavy atom. The van der Waals surface area contributed by atoms with Crippen molar-refractivity contribution in [2.45, 2.75) is 33.7 Å². The fourth-order valence-corrected chi connectivity index (χ4v) is 3.26. The molecule has 0 aliphatic rings. The third-order valence-corrected chi connectivity index (χ3v) is 4.69. The van der Waals surface area contributed by atoms with Crippen molar-refractivity contribution in [2.24, 2.45) is 5.16 Å². The summed E-state index contributed by atoms with van der Waals surface area (Å²) in [4.78, 5) is 14.2. The van der Waals surface area contributed by atoms with Gasteiger partial charge in [-0.05, 0) is 52.0 Å². The van der Waals surface area contributed by atoms with E-state index in [1.165, 1.54) is 0 Å². The van der Waals surface area contributed by atoms with Gasteiger partial charge in [0.25, 0.3) is 0 Å². The lowest BCUT2D eigenvalue weighted by Gasteiger charge is -2.15. The van der Waals surface area contributed by atoms with Crippen LogP contribution in [-0.2, 0) is 4.84 Å². The summed E-state index contributed by atoms with van der Waals surface area (Å²) in [6, 6.07) is 5.87. The van der Waals surface area contributed by atoms with Crippen LogP contribution >= 0.6 is 0 Å². The number of nitrogens with one attached hydrogen (secondary N) is 1. The van der Waals surface area contributed by atoms with E-state index in [0.717, 1.165) is 28.0 Å². The summed E-state index contributed by atoms with van der Waals surface area (Å²) in [7, 11) is 0. The van der Waals surface area contributed by atoms with Gasteiger partial charge in [-0.3, -0.25) is 4.68 Å². The van der Waals surface area contributed by atoms with Gasteiger partial charge in [0.2, 0.25) is 5.88 Å². The topological polar surface area (TPSA) is 86.5 Å². The van der Waals surface area contributed by atoms with E-state index >= 15 is 0 Å². The second-order valence-corrected chi connectivity index (χ2v) is 7.33. The highest BCUT2D eigenvalue weighted by molar-refractivity contribution is 5.99. The Balaban J connectivity index is 2.10. The summed E-state index contributed by atoms with van der Waals surface area (Å²) in [6.45, 7) is 11.9. The van der Waals surface area contributed by atoms with Crippen LogP contribution in [0.3, 0.4) is 0 Å². The number of alkyl halides is 1. The van der Waals surface area contributed by atoms with Gasteiger partial charge >= 0.3 is 0 Å². The van der Waals surface area contributed by atoms with Gasteiger partial charge in [-0.2, -0.15) is 5.10 Å². The molecule has 0 aliphatic heterocycles. The quantitative estimate of drug-likeness (QED) is 0.264. The van der Waals surface area contributed by atoms with Crippen LogP contribution in [-0.4, -0.2) is 51.9 Å². The van der Waals surface area contributed by atoms with Crippen molar-refractivity contribution in [3.8, 4) is 17.1 Å². The summed E-state index contributed by atoms with van der Waals surface area (Å²) in [5.41, 5.74) is 5.38. The Bertz CT molecular complexity index is 1110. The lowest BCUT2D eigenvalue weighted by molar-refractivity contribution is 0.128. The number of halogens is 1. The molecule has 0 saturated heterocycles. The van der Waals surface area contributed by atoms with Crippen LogP contribution in [0, 0.1) is 6.92 Å². The van der Waals surface area contributed by atoms with Gasteiger partial charge < -0.3 is 14.9 Å². The highest BCUT2D eigenvalue weighted by Crippen LogP contribution is 2.34. The molecule has 0 fully saturated rings. The molecule has 0 aromatic carbocycles. The molecular formula is C23H29FN6O2. The first-order valence-corrected chi connectivity index (χ1v) is 10.6. The minimum absolute atomic E-state index is 0.0957. The SMILES string of the molecule is C=C/C(CNc1cc(-c2cccnc2OCC)nc2c(C)nn(C(C)C)c12)=N\OCCF. The van der Waals surface area contributed by atoms with Gasteiger partial charge in [0.1, 0.15) is 24.3 Å². The predicted molar refractivity (Wildman–Crippen MR) is 125 cm³/mol. The number of hydrogen-bond acceptors (Lipinski definition) is 7. The third kappa shape index (κ3) is 5.04. The molecule has 0 saturated carbocycles. The van der Waals surface area contributed by atoms with E-state index in [4.69, 9.17) is 19.7 Å². The van der Waals surface area contributed by atoms with E-state index in [1.54, 1.807) is 12.3 Å². The standard InChI is InChI=1S/C23H29FN6O2/c1-6-17(29-32-12-10-24)14-26-20-13-19(18-9-8-11-25-23(18)31-7-2)27-21-16(5)28-30(15(3)4)22(20)21/h6,8-9,11,13,15H,1,7,10,12,14H2,2-5H3,(H,26,27)/b29-17+. The van der Waals surface area contributed by atoms with Crippen molar-refractivity contribution in [2.75, 3.05) is 31.7 Å². The molecule has 0 bridgehead atoms. The number of nitrogens with zero attached hydrogens (tertiary/aromatic N) is 5. The van der Waals surface area contributed by atoms with Gasteiger partial charge in [0.05, 0.1) is 41.5 Å². The van der Waals surface area contributed by atoms with Crippen molar-refractivity contribution in [1.82, 2.24) is 19.7 Å².